The lowest BCUT2D eigenvalue weighted by molar-refractivity contribution is -0.0291. The van der Waals surface area contributed by atoms with Crippen molar-refractivity contribution in [2.24, 2.45) is 0 Å². The summed E-state index contributed by atoms with van der Waals surface area (Å²) in [7, 11) is 0. The van der Waals surface area contributed by atoms with Gasteiger partial charge in [0.1, 0.15) is 6.67 Å². The van der Waals surface area contributed by atoms with E-state index in [0.717, 1.165) is 13.0 Å². The monoisotopic (exact) mass is 802 g/mol. The molecule has 0 heterocycles. The van der Waals surface area contributed by atoms with Gasteiger partial charge in [0.15, 0.2) is 0 Å². The van der Waals surface area contributed by atoms with Crippen molar-refractivity contribution in [1.82, 2.24) is 0 Å². The summed E-state index contributed by atoms with van der Waals surface area (Å²) < 4.78 is 83.5. The van der Waals surface area contributed by atoms with Crippen molar-refractivity contribution in [3.05, 3.63) is 0 Å². The molecule has 0 fully saturated rings. The molecule has 0 saturated carbocycles. The van der Waals surface area contributed by atoms with E-state index >= 15 is 0 Å². The van der Waals surface area contributed by atoms with Gasteiger partial charge in [0.25, 0.3) is 0 Å². The SMILES string of the molecule is FCCOCCOCCOCCOCCOCCOCCOCCOCCOCCOCCOCCOCCOCCCCCCI. The fraction of sp³-hybridized carbons (Fsp3) is 1.00. The first-order valence-electron chi connectivity index (χ1n) is 17.0. The van der Waals surface area contributed by atoms with Crippen LogP contribution in [0.5, 0.6) is 0 Å². The second kappa shape index (κ2) is 46.1. The summed E-state index contributed by atoms with van der Waals surface area (Å²) in [6, 6.07) is 0. The van der Waals surface area contributed by atoms with Gasteiger partial charge in [-0.1, -0.05) is 35.4 Å². The van der Waals surface area contributed by atoms with Crippen molar-refractivity contribution in [2.75, 3.05) is 183 Å². The lowest BCUT2D eigenvalue weighted by Gasteiger charge is -2.09. The van der Waals surface area contributed by atoms with Crippen LogP contribution >= 0.6 is 22.6 Å². The molecule has 0 N–H and O–H groups in total. The van der Waals surface area contributed by atoms with Crippen LogP contribution in [0.25, 0.3) is 0 Å². The van der Waals surface area contributed by atoms with E-state index in [1.165, 1.54) is 23.7 Å². The minimum absolute atomic E-state index is 0.113. The predicted molar refractivity (Wildman–Crippen MR) is 184 cm³/mol. The highest BCUT2D eigenvalue weighted by atomic mass is 127. The molecule has 0 aliphatic heterocycles. The Morgan fingerprint density at radius 1 is 0.234 bits per heavy atom. The average Bonchev–Trinajstić information content (AvgIpc) is 3.08. The van der Waals surface area contributed by atoms with Crippen LogP contribution in [0.4, 0.5) is 4.39 Å². The zero-order chi connectivity index (χ0) is 33.8. The van der Waals surface area contributed by atoms with Crippen molar-refractivity contribution in [3.8, 4) is 0 Å². The Morgan fingerprint density at radius 2 is 0.426 bits per heavy atom. The Hall–Kier alpha value is 0.140. The summed E-state index contributed by atoms with van der Waals surface area (Å²) in [6.07, 6.45) is 4.97. The average molecular weight is 803 g/mol. The fourth-order valence-electron chi connectivity index (χ4n) is 3.45. The molecule has 0 aromatic carbocycles. The smallest absolute Gasteiger partial charge is 0.113 e. The standard InChI is InChI=1S/C32H64FIO13/c33-5-8-36-10-12-38-14-16-40-18-20-42-22-24-44-26-28-46-30-32-47-31-29-45-27-25-43-23-21-41-19-17-39-15-13-37-11-9-35-7-4-2-1-3-6-34/h1-32H2. The van der Waals surface area contributed by atoms with E-state index in [9.17, 15) is 4.39 Å². The number of rotatable bonds is 44. The molecule has 0 radical (unpaired) electrons. The maximum atomic E-state index is 11.8. The lowest BCUT2D eigenvalue weighted by Crippen LogP contribution is -2.15. The summed E-state index contributed by atoms with van der Waals surface area (Å²) in [5.41, 5.74) is 0. The molecule has 284 valence electrons. The molecule has 15 heteroatoms. The topological polar surface area (TPSA) is 120 Å². The molecule has 0 aromatic heterocycles. The normalized spacial score (nSPS) is 11.6. The van der Waals surface area contributed by atoms with Gasteiger partial charge >= 0.3 is 0 Å². The van der Waals surface area contributed by atoms with Crippen LogP contribution in [0.2, 0.25) is 0 Å². The highest BCUT2D eigenvalue weighted by Crippen LogP contribution is 2.02. The Bertz CT molecular complexity index is 503. The van der Waals surface area contributed by atoms with Crippen LogP contribution in [-0.2, 0) is 61.6 Å². The third kappa shape index (κ3) is 46.1. The molecular formula is C32H64FIO13. The van der Waals surface area contributed by atoms with Crippen LogP contribution in [0, 0.1) is 0 Å². The molecule has 0 amide bonds. The number of hydrogen-bond acceptors (Lipinski definition) is 13. The quantitative estimate of drug-likeness (QED) is 0.0511. The summed E-state index contributed by atoms with van der Waals surface area (Å²) in [5, 5.41) is 0. The van der Waals surface area contributed by atoms with Gasteiger partial charge in [0, 0.05) is 6.61 Å². The highest BCUT2D eigenvalue weighted by molar-refractivity contribution is 14.1. The maximum absolute atomic E-state index is 11.8. The fourth-order valence-corrected chi connectivity index (χ4v) is 3.99. The molecule has 0 atom stereocenters. The maximum Gasteiger partial charge on any atom is 0.113 e. The Kier molecular flexibility index (Phi) is 46.3. The van der Waals surface area contributed by atoms with E-state index < -0.39 is 6.67 Å². The van der Waals surface area contributed by atoms with E-state index in [-0.39, 0.29) is 6.61 Å². The minimum atomic E-state index is -0.474. The van der Waals surface area contributed by atoms with Gasteiger partial charge in [-0.05, 0) is 17.3 Å². The first-order valence-corrected chi connectivity index (χ1v) is 18.6. The molecule has 13 nitrogen and oxygen atoms in total. The van der Waals surface area contributed by atoms with Gasteiger partial charge in [-0.25, -0.2) is 4.39 Å². The summed E-state index contributed by atoms with van der Waals surface area (Å²) in [4.78, 5) is 0. The molecule has 0 rings (SSSR count). The molecule has 47 heavy (non-hydrogen) atoms. The molecule has 0 spiro atoms. The Balaban J connectivity index is 3.03. The second-order valence-electron chi connectivity index (χ2n) is 9.75. The van der Waals surface area contributed by atoms with Gasteiger partial charge in [0.05, 0.1) is 165 Å². The van der Waals surface area contributed by atoms with Gasteiger partial charge in [-0.2, -0.15) is 0 Å². The van der Waals surface area contributed by atoms with E-state index in [0.29, 0.717) is 159 Å². The van der Waals surface area contributed by atoms with Crippen LogP contribution in [0.1, 0.15) is 25.7 Å². The largest absolute Gasteiger partial charge is 0.379 e. The van der Waals surface area contributed by atoms with Crippen LogP contribution < -0.4 is 0 Å². The number of ether oxygens (including phenoxy) is 13. The van der Waals surface area contributed by atoms with Crippen molar-refractivity contribution < 1.29 is 66.0 Å². The van der Waals surface area contributed by atoms with E-state index in [4.69, 9.17) is 61.6 Å². The molecular weight excluding hydrogens is 738 g/mol. The van der Waals surface area contributed by atoms with Crippen molar-refractivity contribution in [1.29, 1.82) is 0 Å². The lowest BCUT2D eigenvalue weighted by atomic mass is 10.2. The Labute approximate surface area is 296 Å². The van der Waals surface area contributed by atoms with Crippen LogP contribution in [-0.4, -0.2) is 183 Å². The zero-order valence-electron chi connectivity index (χ0n) is 28.7. The predicted octanol–water partition coefficient (Wildman–Crippen LogP) is 3.17. The number of alkyl halides is 2. The van der Waals surface area contributed by atoms with E-state index in [1.807, 2.05) is 0 Å². The zero-order valence-corrected chi connectivity index (χ0v) is 30.8. The second-order valence-corrected chi connectivity index (χ2v) is 10.8. The van der Waals surface area contributed by atoms with E-state index in [2.05, 4.69) is 22.6 Å². The number of halogens is 2. The van der Waals surface area contributed by atoms with E-state index in [1.54, 1.807) is 0 Å². The van der Waals surface area contributed by atoms with Gasteiger partial charge in [0.2, 0.25) is 0 Å². The third-order valence-corrected chi connectivity index (χ3v) is 6.62. The molecule has 0 aromatic rings. The molecule has 0 aliphatic rings. The number of unbranched alkanes of at least 4 members (excludes halogenated alkanes) is 3. The summed E-state index contributed by atoms with van der Waals surface area (Å²) in [5.74, 6) is 0. The minimum Gasteiger partial charge on any atom is -0.379 e. The van der Waals surface area contributed by atoms with Gasteiger partial charge in [-0.15, -0.1) is 0 Å². The first kappa shape index (κ1) is 47.1. The van der Waals surface area contributed by atoms with Crippen molar-refractivity contribution in [2.45, 2.75) is 25.7 Å². The third-order valence-electron chi connectivity index (χ3n) is 5.86. The van der Waals surface area contributed by atoms with Crippen molar-refractivity contribution >= 4 is 22.6 Å². The van der Waals surface area contributed by atoms with Gasteiger partial charge < -0.3 is 61.6 Å². The molecule has 0 saturated heterocycles. The van der Waals surface area contributed by atoms with Crippen LogP contribution in [0.15, 0.2) is 0 Å². The van der Waals surface area contributed by atoms with Gasteiger partial charge in [-0.3, -0.25) is 0 Å². The number of hydrogen-bond donors (Lipinski definition) is 0. The Morgan fingerprint density at radius 3 is 0.638 bits per heavy atom. The van der Waals surface area contributed by atoms with Crippen molar-refractivity contribution in [3.63, 3.8) is 0 Å². The first-order chi connectivity index (χ1) is 23.4. The summed E-state index contributed by atoms with van der Waals surface area (Å²) >= 11 is 2.42. The molecule has 0 bridgehead atoms. The molecule has 0 aliphatic carbocycles. The molecule has 0 unspecified atom stereocenters. The highest BCUT2D eigenvalue weighted by Gasteiger charge is 1.97. The summed E-state index contributed by atoms with van der Waals surface area (Å²) in [6.45, 7) is 12.7. The van der Waals surface area contributed by atoms with Crippen LogP contribution in [0.3, 0.4) is 0 Å².